The molecule has 0 N–H and O–H groups in total. The van der Waals surface area contributed by atoms with Crippen molar-refractivity contribution in [2.75, 3.05) is 0 Å². The molecule has 102 valence electrons. The van der Waals surface area contributed by atoms with Gasteiger partial charge in [-0.15, -0.1) is 21.8 Å². The predicted octanol–water partition coefficient (Wildman–Crippen LogP) is 4.65. The van der Waals surface area contributed by atoms with Crippen LogP contribution in [0.5, 0.6) is 0 Å². The summed E-state index contributed by atoms with van der Waals surface area (Å²) in [5, 5.41) is 9.48. The maximum atomic E-state index is 6.03. The Hall–Kier alpha value is -0.770. The Morgan fingerprint density at radius 1 is 1.11 bits per heavy atom. The summed E-state index contributed by atoms with van der Waals surface area (Å²) in [6, 6.07) is 5.34. The maximum absolute atomic E-state index is 6.03. The number of rotatable bonds is 4. The molecule has 2 aromatic rings. The minimum Gasteiger partial charge on any atom is -0.310 e. The average molecular weight is 319 g/mol. The van der Waals surface area contributed by atoms with Crippen LogP contribution in [0.25, 0.3) is 11.4 Å². The van der Waals surface area contributed by atoms with Gasteiger partial charge in [0.25, 0.3) is 0 Å². The van der Waals surface area contributed by atoms with Crippen molar-refractivity contribution in [2.24, 2.45) is 5.92 Å². The van der Waals surface area contributed by atoms with Crippen molar-refractivity contribution in [1.29, 1.82) is 0 Å². The first kappa shape index (κ1) is 14.6. The van der Waals surface area contributed by atoms with Crippen LogP contribution in [0, 0.1) is 5.92 Å². The fraction of sp³-hybridized carbons (Fsp3) is 0.385. The van der Waals surface area contributed by atoms with Gasteiger partial charge in [-0.2, -0.15) is 0 Å². The Bertz CT molecular complexity index is 558. The molecular formula is C13H14Cl3N3. The van der Waals surface area contributed by atoms with Crippen molar-refractivity contribution >= 4 is 34.8 Å². The molecule has 0 unspecified atom stereocenters. The Morgan fingerprint density at radius 3 is 2.26 bits per heavy atom. The van der Waals surface area contributed by atoms with Crippen LogP contribution in [-0.2, 0) is 12.4 Å². The first-order valence-corrected chi connectivity index (χ1v) is 7.24. The van der Waals surface area contributed by atoms with Crippen LogP contribution in [0.4, 0.5) is 0 Å². The van der Waals surface area contributed by atoms with E-state index in [1.54, 1.807) is 6.07 Å². The van der Waals surface area contributed by atoms with Crippen molar-refractivity contribution in [3.05, 3.63) is 34.1 Å². The smallest absolute Gasteiger partial charge is 0.164 e. The summed E-state index contributed by atoms with van der Waals surface area (Å²) < 4.78 is 2.01. The zero-order valence-electron chi connectivity index (χ0n) is 10.7. The van der Waals surface area contributed by atoms with Gasteiger partial charge >= 0.3 is 0 Å². The van der Waals surface area contributed by atoms with E-state index >= 15 is 0 Å². The van der Waals surface area contributed by atoms with Gasteiger partial charge in [0.2, 0.25) is 0 Å². The maximum Gasteiger partial charge on any atom is 0.164 e. The van der Waals surface area contributed by atoms with Crippen LogP contribution < -0.4 is 0 Å². The van der Waals surface area contributed by atoms with Gasteiger partial charge in [0.05, 0.1) is 5.88 Å². The molecule has 0 spiro atoms. The number of hydrogen-bond acceptors (Lipinski definition) is 2. The lowest BCUT2D eigenvalue weighted by Gasteiger charge is -2.12. The van der Waals surface area contributed by atoms with Crippen molar-refractivity contribution in [3.8, 4) is 11.4 Å². The number of aromatic nitrogens is 3. The van der Waals surface area contributed by atoms with Gasteiger partial charge in [-0.1, -0.05) is 37.0 Å². The number of nitrogens with zero attached hydrogens (tertiary/aromatic N) is 3. The lowest BCUT2D eigenvalue weighted by atomic mass is 10.2. The molecule has 0 bridgehead atoms. The molecule has 0 atom stereocenters. The zero-order valence-corrected chi connectivity index (χ0v) is 13.0. The molecule has 0 aliphatic heterocycles. The molecule has 19 heavy (non-hydrogen) atoms. The molecule has 0 radical (unpaired) electrons. The predicted molar refractivity (Wildman–Crippen MR) is 79.9 cm³/mol. The summed E-state index contributed by atoms with van der Waals surface area (Å²) in [6.45, 7) is 5.06. The van der Waals surface area contributed by atoms with Crippen LogP contribution >= 0.6 is 34.8 Å². The fourth-order valence-corrected chi connectivity index (χ4v) is 2.61. The first-order valence-electron chi connectivity index (χ1n) is 5.95. The lowest BCUT2D eigenvalue weighted by Crippen LogP contribution is -2.09. The zero-order chi connectivity index (χ0) is 14.0. The highest BCUT2D eigenvalue weighted by molar-refractivity contribution is 6.35. The van der Waals surface area contributed by atoms with Crippen LogP contribution in [0.3, 0.4) is 0 Å². The monoisotopic (exact) mass is 317 g/mol. The minimum atomic E-state index is 0.327. The van der Waals surface area contributed by atoms with Gasteiger partial charge in [0.15, 0.2) is 5.82 Å². The summed E-state index contributed by atoms with van der Waals surface area (Å²) in [4.78, 5) is 0. The Balaban J connectivity index is 2.51. The SMILES string of the molecule is CC(C)Cn1c(CCl)nnc1-c1cc(Cl)cc(Cl)c1. The van der Waals surface area contributed by atoms with Crippen LogP contribution in [0.15, 0.2) is 18.2 Å². The summed E-state index contributed by atoms with van der Waals surface area (Å²) in [5.74, 6) is 2.29. The molecule has 0 aliphatic rings. The molecule has 1 heterocycles. The van der Waals surface area contributed by atoms with E-state index in [0.29, 0.717) is 21.8 Å². The van der Waals surface area contributed by atoms with Gasteiger partial charge in [-0.05, 0) is 24.1 Å². The van der Waals surface area contributed by atoms with Crippen molar-refractivity contribution < 1.29 is 0 Å². The molecule has 0 saturated carbocycles. The number of alkyl halides is 1. The van der Waals surface area contributed by atoms with E-state index in [-0.39, 0.29) is 0 Å². The standard InChI is InChI=1S/C13H14Cl3N3/c1-8(2)7-19-12(6-14)17-18-13(19)9-3-10(15)5-11(16)4-9/h3-5,8H,6-7H2,1-2H3. The Morgan fingerprint density at radius 2 is 1.74 bits per heavy atom. The van der Waals surface area contributed by atoms with E-state index in [9.17, 15) is 0 Å². The van der Waals surface area contributed by atoms with Crippen molar-refractivity contribution in [1.82, 2.24) is 14.8 Å². The quantitative estimate of drug-likeness (QED) is 0.768. The summed E-state index contributed by atoms with van der Waals surface area (Å²) in [5.41, 5.74) is 0.849. The van der Waals surface area contributed by atoms with Crippen LogP contribution in [0.2, 0.25) is 10.0 Å². The second kappa shape index (κ2) is 6.12. The van der Waals surface area contributed by atoms with Crippen LogP contribution in [0.1, 0.15) is 19.7 Å². The topological polar surface area (TPSA) is 30.7 Å². The summed E-state index contributed by atoms with van der Waals surface area (Å²) in [6.07, 6.45) is 0. The number of benzene rings is 1. The first-order chi connectivity index (χ1) is 9.01. The molecule has 1 aromatic carbocycles. The Kier molecular flexibility index (Phi) is 4.71. The summed E-state index contributed by atoms with van der Waals surface area (Å²) in [7, 11) is 0. The third-order valence-corrected chi connectivity index (χ3v) is 3.29. The molecule has 6 heteroatoms. The average Bonchev–Trinajstić information content (AvgIpc) is 2.69. The van der Waals surface area contributed by atoms with E-state index in [0.717, 1.165) is 23.8 Å². The second-order valence-electron chi connectivity index (χ2n) is 4.74. The summed E-state index contributed by atoms with van der Waals surface area (Å²) >= 11 is 18.0. The van der Waals surface area contributed by atoms with E-state index in [2.05, 4.69) is 24.0 Å². The van der Waals surface area contributed by atoms with Gasteiger partial charge in [-0.25, -0.2) is 0 Å². The molecule has 0 amide bonds. The van der Waals surface area contributed by atoms with Gasteiger partial charge < -0.3 is 4.57 Å². The van der Waals surface area contributed by atoms with Crippen LogP contribution in [-0.4, -0.2) is 14.8 Å². The molecule has 0 aliphatic carbocycles. The second-order valence-corrected chi connectivity index (χ2v) is 5.88. The van der Waals surface area contributed by atoms with E-state index in [1.807, 2.05) is 16.7 Å². The highest BCUT2D eigenvalue weighted by Crippen LogP contribution is 2.27. The van der Waals surface area contributed by atoms with E-state index in [1.165, 1.54) is 0 Å². The number of hydrogen-bond donors (Lipinski definition) is 0. The van der Waals surface area contributed by atoms with E-state index < -0.39 is 0 Å². The number of halogens is 3. The highest BCUT2D eigenvalue weighted by atomic mass is 35.5. The largest absolute Gasteiger partial charge is 0.310 e. The Labute approximate surface area is 127 Å². The third-order valence-electron chi connectivity index (χ3n) is 2.62. The molecule has 2 rings (SSSR count). The lowest BCUT2D eigenvalue weighted by molar-refractivity contribution is 0.515. The van der Waals surface area contributed by atoms with Crippen molar-refractivity contribution in [3.63, 3.8) is 0 Å². The van der Waals surface area contributed by atoms with Gasteiger partial charge in [0.1, 0.15) is 5.82 Å². The van der Waals surface area contributed by atoms with E-state index in [4.69, 9.17) is 34.8 Å². The van der Waals surface area contributed by atoms with Crippen molar-refractivity contribution in [2.45, 2.75) is 26.3 Å². The molecule has 3 nitrogen and oxygen atoms in total. The molecule has 1 aromatic heterocycles. The highest BCUT2D eigenvalue weighted by Gasteiger charge is 2.15. The third kappa shape index (κ3) is 3.41. The van der Waals surface area contributed by atoms with Gasteiger partial charge in [-0.3, -0.25) is 0 Å². The molecule has 0 fully saturated rings. The molecular weight excluding hydrogens is 305 g/mol. The minimum absolute atomic E-state index is 0.327. The normalized spacial score (nSPS) is 11.3. The van der Waals surface area contributed by atoms with Gasteiger partial charge in [0, 0.05) is 22.2 Å². The molecule has 0 saturated heterocycles. The fourth-order valence-electron chi connectivity index (χ4n) is 1.89.